The van der Waals surface area contributed by atoms with Gasteiger partial charge in [0.05, 0.1) is 4.92 Å². The molecule has 0 spiro atoms. The van der Waals surface area contributed by atoms with Gasteiger partial charge in [-0.15, -0.1) is 0 Å². The van der Waals surface area contributed by atoms with E-state index in [1.807, 2.05) is 0 Å². The molecule has 0 bridgehead atoms. The molecule has 0 heterocycles. The maximum atomic E-state index is 11.9. The molecule has 7 nitrogen and oxygen atoms in total. The third-order valence-electron chi connectivity index (χ3n) is 1.81. The van der Waals surface area contributed by atoms with E-state index in [1.165, 1.54) is 0 Å². The Bertz CT molecular complexity index is 561. The molecule has 0 saturated carbocycles. The van der Waals surface area contributed by atoms with Gasteiger partial charge in [0.2, 0.25) is 10.0 Å². The van der Waals surface area contributed by atoms with Crippen LogP contribution in [0.15, 0.2) is 23.1 Å². The van der Waals surface area contributed by atoms with Crippen LogP contribution in [0.5, 0.6) is 5.75 Å². The van der Waals surface area contributed by atoms with Gasteiger partial charge in [-0.2, -0.15) is 0 Å². The molecule has 18 heavy (non-hydrogen) atoms. The van der Waals surface area contributed by atoms with Crippen molar-refractivity contribution >= 4 is 15.7 Å². The molecule has 0 unspecified atom stereocenters. The van der Waals surface area contributed by atoms with Crippen LogP contribution in [0.3, 0.4) is 0 Å². The highest BCUT2D eigenvalue weighted by atomic mass is 32.2. The van der Waals surface area contributed by atoms with E-state index in [2.05, 4.69) is 4.74 Å². The number of halogens is 2. The smallest absolute Gasteiger partial charge is 0.272 e. The molecule has 0 saturated heterocycles. The van der Waals surface area contributed by atoms with Gasteiger partial charge in [-0.25, -0.2) is 22.3 Å². The first-order chi connectivity index (χ1) is 8.21. The standard InChI is InChI=1S/C8H8F2N2O5S/c9-8(10)4-17-6-2-1-5(12(13)14)3-7(6)18(11,15)16/h1-3,8H,4H2,(H2,11,15,16). The van der Waals surface area contributed by atoms with Gasteiger partial charge in [-0.1, -0.05) is 0 Å². The predicted molar refractivity (Wildman–Crippen MR) is 56.0 cm³/mol. The normalized spacial score (nSPS) is 11.6. The van der Waals surface area contributed by atoms with E-state index in [9.17, 15) is 27.3 Å². The van der Waals surface area contributed by atoms with Crippen molar-refractivity contribution in [2.75, 3.05) is 6.61 Å². The second-order valence-electron chi connectivity index (χ2n) is 3.14. The second kappa shape index (κ2) is 5.23. The molecule has 0 fully saturated rings. The van der Waals surface area contributed by atoms with Crippen LogP contribution in [0.25, 0.3) is 0 Å². The van der Waals surface area contributed by atoms with Crippen molar-refractivity contribution in [3.63, 3.8) is 0 Å². The quantitative estimate of drug-likeness (QED) is 0.636. The maximum absolute atomic E-state index is 11.9. The number of hydrogen-bond acceptors (Lipinski definition) is 5. The van der Waals surface area contributed by atoms with Crippen LogP contribution in [0.4, 0.5) is 14.5 Å². The zero-order valence-corrected chi connectivity index (χ0v) is 9.56. The van der Waals surface area contributed by atoms with E-state index < -0.39 is 44.3 Å². The fourth-order valence-corrected chi connectivity index (χ4v) is 1.80. The van der Waals surface area contributed by atoms with Crippen LogP contribution in [-0.4, -0.2) is 26.4 Å². The Kier molecular flexibility index (Phi) is 4.14. The van der Waals surface area contributed by atoms with Gasteiger partial charge in [-0.3, -0.25) is 10.1 Å². The van der Waals surface area contributed by atoms with Crippen molar-refractivity contribution in [2.24, 2.45) is 5.14 Å². The number of nitro groups is 1. The first kappa shape index (κ1) is 14.3. The van der Waals surface area contributed by atoms with E-state index in [-0.39, 0.29) is 0 Å². The fraction of sp³-hybridized carbons (Fsp3) is 0.250. The van der Waals surface area contributed by atoms with E-state index in [0.29, 0.717) is 6.07 Å². The number of hydrogen-bond donors (Lipinski definition) is 1. The summed E-state index contributed by atoms with van der Waals surface area (Å²) < 4.78 is 50.7. The van der Waals surface area contributed by atoms with Crippen LogP contribution in [-0.2, 0) is 10.0 Å². The number of nitrogens with zero attached hydrogens (tertiary/aromatic N) is 1. The van der Waals surface area contributed by atoms with Gasteiger partial charge in [-0.05, 0) is 6.07 Å². The summed E-state index contributed by atoms with van der Waals surface area (Å²) in [6, 6.07) is 2.48. The number of nitro benzene ring substituents is 1. The van der Waals surface area contributed by atoms with E-state index in [0.717, 1.165) is 12.1 Å². The molecule has 0 aliphatic carbocycles. The molecule has 2 N–H and O–H groups in total. The van der Waals surface area contributed by atoms with Crippen LogP contribution in [0.2, 0.25) is 0 Å². The molecule has 10 heteroatoms. The Morgan fingerprint density at radius 1 is 1.44 bits per heavy atom. The molecule has 0 amide bonds. The molecule has 0 aliphatic rings. The van der Waals surface area contributed by atoms with Crippen molar-refractivity contribution in [1.29, 1.82) is 0 Å². The lowest BCUT2D eigenvalue weighted by atomic mass is 10.3. The molecular formula is C8H8F2N2O5S. The van der Waals surface area contributed by atoms with Gasteiger partial charge >= 0.3 is 0 Å². The number of non-ortho nitro benzene ring substituents is 1. The largest absolute Gasteiger partial charge is 0.486 e. The number of nitrogens with two attached hydrogens (primary N) is 1. The lowest BCUT2D eigenvalue weighted by Crippen LogP contribution is -2.16. The Labute approximate surface area is 100 Å². The van der Waals surface area contributed by atoms with Gasteiger partial charge < -0.3 is 4.74 Å². The summed E-state index contributed by atoms with van der Waals surface area (Å²) in [5.41, 5.74) is -0.538. The summed E-state index contributed by atoms with van der Waals surface area (Å²) in [7, 11) is -4.31. The first-order valence-electron chi connectivity index (χ1n) is 4.44. The van der Waals surface area contributed by atoms with E-state index >= 15 is 0 Å². The molecule has 0 radical (unpaired) electrons. The minimum atomic E-state index is -4.31. The van der Waals surface area contributed by atoms with Crippen LogP contribution < -0.4 is 9.88 Å². The van der Waals surface area contributed by atoms with Gasteiger partial charge in [0.15, 0.2) is 0 Å². The van der Waals surface area contributed by atoms with E-state index in [4.69, 9.17) is 5.14 Å². The zero-order chi connectivity index (χ0) is 13.9. The summed E-state index contributed by atoms with van der Waals surface area (Å²) in [4.78, 5) is 8.91. The van der Waals surface area contributed by atoms with Crippen molar-refractivity contribution in [3.8, 4) is 5.75 Å². The van der Waals surface area contributed by atoms with Crippen LogP contribution >= 0.6 is 0 Å². The van der Waals surface area contributed by atoms with Crippen molar-refractivity contribution in [2.45, 2.75) is 11.3 Å². The molecule has 0 atom stereocenters. The third-order valence-corrected chi connectivity index (χ3v) is 2.74. The summed E-state index contributed by atoms with van der Waals surface area (Å²) in [5, 5.41) is 15.3. The van der Waals surface area contributed by atoms with Crippen LogP contribution in [0, 0.1) is 10.1 Å². The highest BCUT2D eigenvalue weighted by Crippen LogP contribution is 2.27. The molecule has 100 valence electrons. The van der Waals surface area contributed by atoms with Gasteiger partial charge in [0.25, 0.3) is 12.1 Å². The zero-order valence-electron chi connectivity index (χ0n) is 8.75. The molecular weight excluding hydrogens is 274 g/mol. The molecule has 1 aromatic carbocycles. The number of sulfonamides is 1. The van der Waals surface area contributed by atoms with Crippen LogP contribution in [0.1, 0.15) is 0 Å². The lowest BCUT2D eigenvalue weighted by molar-refractivity contribution is -0.385. The van der Waals surface area contributed by atoms with E-state index in [1.54, 1.807) is 0 Å². The van der Waals surface area contributed by atoms with Crippen molar-refractivity contribution in [3.05, 3.63) is 28.3 Å². The number of rotatable bonds is 5. The predicted octanol–water partition coefficient (Wildman–Crippen LogP) is 0.886. The lowest BCUT2D eigenvalue weighted by Gasteiger charge is -2.09. The van der Waals surface area contributed by atoms with Crippen molar-refractivity contribution < 1.29 is 26.9 Å². The summed E-state index contributed by atoms with van der Waals surface area (Å²) >= 11 is 0. The van der Waals surface area contributed by atoms with Gasteiger partial charge in [0, 0.05) is 12.1 Å². The summed E-state index contributed by atoms with van der Waals surface area (Å²) in [5.74, 6) is -0.455. The number of primary sulfonamides is 1. The maximum Gasteiger partial charge on any atom is 0.272 e. The minimum absolute atomic E-state index is 0.455. The number of benzene rings is 1. The Balaban J connectivity index is 3.22. The first-order valence-corrected chi connectivity index (χ1v) is 5.98. The molecule has 0 aliphatic heterocycles. The Hall–Kier alpha value is -1.81. The Morgan fingerprint density at radius 2 is 2.06 bits per heavy atom. The second-order valence-corrected chi connectivity index (χ2v) is 4.67. The SMILES string of the molecule is NS(=O)(=O)c1cc([N+](=O)[O-])ccc1OCC(F)F. The average molecular weight is 282 g/mol. The topological polar surface area (TPSA) is 113 Å². The average Bonchev–Trinajstić information content (AvgIpc) is 2.24. The molecule has 0 aromatic heterocycles. The highest BCUT2D eigenvalue weighted by molar-refractivity contribution is 7.89. The van der Waals surface area contributed by atoms with Gasteiger partial charge in [0.1, 0.15) is 17.3 Å². The summed E-state index contributed by atoms with van der Waals surface area (Å²) in [6.07, 6.45) is -2.81. The third kappa shape index (κ3) is 3.60. The number of alkyl halides is 2. The summed E-state index contributed by atoms with van der Waals surface area (Å²) in [6.45, 7) is -1.04. The minimum Gasteiger partial charge on any atom is -0.486 e. The monoisotopic (exact) mass is 282 g/mol. The fourth-order valence-electron chi connectivity index (χ4n) is 1.10. The molecule has 1 aromatic rings. The van der Waals surface area contributed by atoms with Crippen molar-refractivity contribution in [1.82, 2.24) is 0 Å². The Morgan fingerprint density at radius 3 is 2.50 bits per heavy atom. The number of ether oxygens (including phenoxy) is 1. The molecule has 1 rings (SSSR count). The highest BCUT2D eigenvalue weighted by Gasteiger charge is 2.20.